The van der Waals surface area contributed by atoms with Crippen molar-refractivity contribution in [2.45, 2.75) is 24.8 Å². The number of hydrogen-bond donors (Lipinski definition) is 0. The zero-order valence-corrected chi connectivity index (χ0v) is 13.9. The zero-order valence-electron chi connectivity index (χ0n) is 11.4. The van der Waals surface area contributed by atoms with Crippen LogP contribution in [0.1, 0.15) is 12.5 Å². The predicted octanol–water partition coefficient (Wildman–Crippen LogP) is 2.92. The molecule has 1 aliphatic rings. The van der Waals surface area contributed by atoms with Gasteiger partial charge in [0, 0.05) is 5.75 Å². The first-order valence-electron chi connectivity index (χ1n) is 6.31. The summed E-state index contributed by atoms with van der Waals surface area (Å²) in [5.74, 6) is 1.76. The maximum atomic E-state index is 12.0. The predicted molar refractivity (Wildman–Crippen MR) is 86.1 cm³/mol. The molecule has 0 fully saturated rings. The topological polar surface area (TPSA) is 55.7 Å². The lowest BCUT2D eigenvalue weighted by molar-refractivity contribution is 0.302. The van der Waals surface area contributed by atoms with Gasteiger partial charge in [-0.1, -0.05) is 36.4 Å². The van der Waals surface area contributed by atoms with Gasteiger partial charge in [0.2, 0.25) is 0 Å². The Kier molecular flexibility index (Phi) is 5.54. The fraction of sp³-hybridized carbons (Fsp3) is 0.462. The molecule has 1 aliphatic heterocycles. The summed E-state index contributed by atoms with van der Waals surface area (Å²) >= 11 is 3.34. The van der Waals surface area contributed by atoms with Crippen molar-refractivity contribution in [3.05, 3.63) is 29.8 Å². The fourth-order valence-corrected chi connectivity index (χ4v) is 4.65. The molecule has 110 valence electrons. The minimum Gasteiger partial charge on any atom is -0.265 e. The van der Waals surface area contributed by atoms with Gasteiger partial charge in [-0.2, -0.15) is 8.42 Å². The SMILES string of the molecule is CCSC1=N[C@H](COS(=O)(=O)c2ccc(C)cc2)CS1. The van der Waals surface area contributed by atoms with Crippen LogP contribution in [0.5, 0.6) is 0 Å². The highest BCUT2D eigenvalue weighted by atomic mass is 32.2. The fourth-order valence-electron chi connectivity index (χ4n) is 1.62. The molecule has 0 aromatic heterocycles. The lowest BCUT2D eigenvalue weighted by Gasteiger charge is -2.08. The Hall–Kier alpha value is -0.500. The van der Waals surface area contributed by atoms with Gasteiger partial charge in [0.1, 0.15) is 4.38 Å². The van der Waals surface area contributed by atoms with E-state index in [-0.39, 0.29) is 17.5 Å². The molecule has 1 atom stereocenters. The Bertz CT molecular complexity index is 581. The third-order valence-electron chi connectivity index (χ3n) is 2.68. The monoisotopic (exact) mass is 331 g/mol. The number of thioether (sulfide) groups is 2. The van der Waals surface area contributed by atoms with Gasteiger partial charge in [-0.3, -0.25) is 9.18 Å². The second-order valence-corrected chi connectivity index (χ2v) is 8.48. The lowest BCUT2D eigenvalue weighted by Crippen LogP contribution is -2.17. The van der Waals surface area contributed by atoms with Crippen molar-refractivity contribution in [1.82, 2.24) is 0 Å². The Labute approximate surface area is 128 Å². The maximum absolute atomic E-state index is 12.0. The van der Waals surface area contributed by atoms with E-state index in [0.717, 1.165) is 21.4 Å². The number of benzene rings is 1. The first-order valence-corrected chi connectivity index (χ1v) is 9.68. The van der Waals surface area contributed by atoms with Crippen LogP contribution in [0.4, 0.5) is 0 Å². The number of aliphatic imine (C=N–C) groups is 1. The second-order valence-electron chi connectivity index (χ2n) is 4.34. The van der Waals surface area contributed by atoms with E-state index in [2.05, 4.69) is 11.9 Å². The first kappa shape index (κ1) is 15.9. The Morgan fingerprint density at radius 3 is 2.75 bits per heavy atom. The molecule has 0 aliphatic carbocycles. The van der Waals surface area contributed by atoms with Crippen molar-refractivity contribution in [3.63, 3.8) is 0 Å². The molecule has 20 heavy (non-hydrogen) atoms. The molecule has 0 amide bonds. The van der Waals surface area contributed by atoms with Crippen LogP contribution in [0.25, 0.3) is 0 Å². The summed E-state index contributed by atoms with van der Waals surface area (Å²) < 4.78 is 30.2. The molecule has 7 heteroatoms. The molecule has 1 aromatic carbocycles. The quantitative estimate of drug-likeness (QED) is 0.777. The van der Waals surface area contributed by atoms with Crippen molar-refractivity contribution < 1.29 is 12.6 Å². The molecule has 0 saturated heterocycles. The van der Waals surface area contributed by atoms with Gasteiger partial charge < -0.3 is 0 Å². The maximum Gasteiger partial charge on any atom is 0.297 e. The summed E-state index contributed by atoms with van der Waals surface area (Å²) in [6, 6.07) is 6.58. The lowest BCUT2D eigenvalue weighted by atomic mass is 10.2. The van der Waals surface area contributed by atoms with E-state index in [0.29, 0.717) is 0 Å². The van der Waals surface area contributed by atoms with Crippen molar-refractivity contribution in [1.29, 1.82) is 0 Å². The highest BCUT2D eigenvalue weighted by Gasteiger charge is 2.22. The molecule has 1 aromatic rings. The molecular formula is C13H17NO3S3. The Morgan fingerprint density at radius 2 is 2.10 bits per heavy atom. The normalized spacial score (nSPS) is 19.1. The van der Waals surface area contributed by atoms with Gasteiger partial charge in [-0.25, -0.2) is 0 Å². The summed E-state index contributed by atoms with van der Waals surface area (Å²) in [6.07, 6.45) is 0. The van der Waals surface area contributed by atoms with E-state index in [9.17, 15) is 8.42 Å². The molecule has 0 unspecified atom stereocenters. The molecule has 2 rings (SSSR count). The minimum absolute atomic E-state index is 0.0747. The highest BCUT2D eigenvalue weighted by Crippen LogP contribution is 2.26. The summed E-state index contributed by atoms with van der Waals surface area (Å²) in [4.78, 5) is 4.64. The van der Waals surface area contributed by atoms with Gasteiger partial charge >= 0.3 is 0 Å². The van der Waals surface area contributed by atoms with E-state index >= 15 is 0 Å². The third-order valence-corrected chi connectivity index (χ3v) is 6.23. The van der Waals surface area contributed by atoms with Gasteiger partial charge in [-0.15, -0.1) is 11.8 Å². The van der Waals surface area contributed by atoms with Gasteiger partial charge in [0.05, 0.1) is 17.5 Å². The average Bonchev–Trinajstić information content (AvgIpc) is 2.85. The molecule has 1 heterocycles. The smallest absolute Gasteiger partial charge is 0.265 e. The Balaban J connectivity index is 1.95. The molecule has 4 nitrogen and oxygen atoms in total. The number of hydrogen-bond acceptors (Lipinski definition) is 6. The van der Waals surface area contributed by atoms with Gasteiger partial charge in [0.25, 0.3) is 10.1 Å². The molecular weight excluding hydrogens is 314 g/mol. The minimum atomic E-state index is -3.68. The second kappa shape index (κ2) is 6.98. The zero-order chi connectivity index (χ0) is 14.6. The summed E-state index contributed by atoms with van der Waals surface area (Å²) in [6.45, 7) is 4.09. The standard InChI is InChI=1S/C13H17NO3S3/c1-3-18-13-14-11(9-19-13)8-17-20(15,16)12-6-4-10(2)5-7-12/h4-7,11H,3,8-9H2,1-2H3/t11-/m1/s1. The number of aryl methyl sites for hydroxylation is 1. The van der Waals surface area contributed by atoms with Crippen molar-refractivity contribution >= 4 is 38.0 Å². The van der Waals surface area contributed by atoms with Crippen LogP contribution in [0, 0.1) is 6.92 Å². The Morgan fingerprint density at radius 1 is 1.40 bits per heavy atom. The molecule has 0 bridgehead atoms. The van der Waals surface area contributed by atoms with Crippen molar-refractivity contribution in [2.75, 3.05) is 18.1 Å². The third kappa shape index (κ3) is 4.25. The van der Waals surface area contributed by atoms with E-state index < -0.39 is 10.1 Å². The van der Waals surface area contributed by atoms with Gasteiger partial charge in [-0.05, 0) is 24.8 Å². The van der Waals surface area contributed by atoms with Crippen LogP contribution >= 0.6 is 23.5 Å². The molecule has 0 N–H and O–H groups in total. The molecule has 0 spiro atoms. The number of rotatable bonds is 5. The summed E-state index contributed by atoms with van der Waals surface area (Å²) in [5, 5.41) is 0. The number of nitrogens with zero attached hydrogens (tertiary/aromatic N) is 1. The van der Waals surface area contributed by atoms with Gasteiger partial charge in [0.15, 0.2) is 0 Å². The van der Waals surface area contributed by atoms with Crippen LogP contribution < -0.4 is 0 Å². The summed E-state index contributed by atoms with van der Waals surface area (Å²) in [7, 11) is -3.68. The largest absolute Gasteiger partial charge is 0.297 e. The van der Waals surface area contributed by atoms with Crippen LogP contribution in [-0.4, -0.2) is 36.9 Å². The van der Waals surface area contributed by atoms with Crippen molar-refractivity contribution in [2.24, 2.45) is 4.99 Å². The van der Waals surface area contributed by atoms with E-state index in [1.165, 1.54) is 0 Å². The van der Waals surface area contributed by atoms with Crippen LogP contribution in [0.3, 0.4) is 0 Å². The first-order chi connectivity index (χ1) is 9.51. The van der Waals surface area contributed by atoms with Crippen LogP contribution in [0.15, 0.2) is 34.2 Å². The molecule has 0 radical (unpaired) electrons. The van der Waals surface area contributed by atoms with Crippen LogP contribution in [-0.2, 0) is 14.3 Å². The molecule has 0 saturated carbocycles. The van der Waals surface area contributed by atoms with Crippen LogP contribution in [0.2, 0.25) is 0 Å². The average molecular weight is 331 g/mol. The van der Waals surface area contributed by atoms with E-state index in [1.807, 2.05) is 6.92 Å². The van der Waals surface area contributed by atoms with Crippen molar-refractivity contribution in [3.8, 4) is 0 Å². The van der Waals surface area contributed by atoms with E-state index in [4.69, 9.17) is 4.18 Å². The highest BCUT2D eigenvalue weighted by molar-refractivity contribution is 8.39. The van der Waals surface area contributed by atoms with E-state index in [1.54, 1.807) is 47.8 Å². The summed E-state index contributed by atoms with van der Waals surface area (Å²) in [5.41, 5.74) is 1.02.